The summed E-state index contributed by atoms with van der Waals surface area (Å²) in [4.78, 5) is 32.5. The van der Waals surface area contributed by atoms with Crippen LogP contribution in [0.15, 0.2) is 18.2 Å². The van der Waals surface area contributed by atoms with E-state index in [0.717, 1.165) is 18.2 Å². The van der Waals surface area contributed by atoms with Crippen LogP contribution >= 0.6 is 0 Å². The van der Waals surface area contributed by atoms with Gasteiger partial charge < -0.3 is 10.4 Å². The number of halogens is 3. The number of alkyl halides is 3. The van der Waals surface area contributed by atoms with E-state index in [4.69, 9.17) is 5.11 Å². The third-order valence-electron chi connectivity index (χ3n) is 2.69. The van der Waals surface area contributed by atoms with Gasteiger partial charge >= 0.3 is 12.1 Å². The summed E-state index contributed by atoms with van der Waals surface area (Å²) in [5.74, 6) is -2.89. The molecule has 1 aromatic rings. The van der Waals surface area contributed by atoms with Crippen LogP contribution in [0.3, 0.4) is 0 Å². The molecule has 1 amide bonds. The van der Waals surface area contributed by atoms with Gasteiger partial charge in [0.25, 0.3) is 11.6 Å². The quantitative estimate of drug-likeness (QED) is 0.637. The number of nitrogens with one attached hydrogen (secondary N) is 1. The second-order valence-electron chi connectivity index (χ2n) is 4.44. The highest BCUT2D eigenvalue weighted by Crippen LogP contribution is 2.22. The van der Waals surface area contributed by atoms with E-state index in [1.807, 2.05) is 0 Å². The lowest BCUT2D eigenvalue weighted by Gasteiger charge is -2.16. The Balaban J connectivity index is 2.93. The Morgan fingerprint density at radius 3 is 2.41 bits per heavy atom. The summed E-state index contributed by atoms with van der Waals surface area (Å²) >= 11 is 0. The minimum Gasteiger partial charge on any atom is -0.480 e. The zero-order valence-corrected chi connectivity index (χ0v) is 11.2. The number of nitro benzene ring substituents is 1. The molecule has 0 aliphatic carbocycles. The molecule has 2 N–H and O–H groups in total. The van der Waals surface area contributed by atoms with Crippen LogP contribution in [0.1, 0.15) is 22.3 Å². The number of rotatable bonds is 5. The highest BCUT2D eigenvalue weighted by atomic mass is 19.4. The maximum Gasteiger partial charge on any atom is 0.391 e. The van der Waals surface area contributed by atoms with Crippen molar-refractivity contribution in [3.8, 4) is 0 Å². The van der Waals surface area contributed by atoms with Crippen molar-refractivity contribution >= 4 is 17.6 Å². The molecule has 0 radical (unpaired) electrons. The molecule has 1 atom stereocenters. The van der Waals surface area contributed by atoms with Crippen LogP contribution in [0, 0.1) is 17.0 Å². The van der Waals surface area contributed by atoms with E-state index in [1.165, 1.54) is 6.92 Å². The number of hydrogen-bond donors (Lipinski definition) is 2. The number of nitrogens with zero attached hydrogens (tertiary/aromatic N) is 1. The SMILES string of the molecule is Cc1cc(C(=O)NC(CC(F)(F)F)C(=O)O)ccc1[N+](=O)[O-]. The van der Waals surface area contributed by atoms with Gasteiger partial charge in [-0.2, -0.15) is 13.2 Å². The van der Waals surface area contributed by atoms with Crippen LogP contribution in [0.2, 0.25) is 0 Å². The first-order valence-electron chi connectivity index (χ1n) is 5.86. The Kier molecular flexibility index (Phi) is 5.07. The third kappa shape index (κ3) is 4.72. The number of carbonyl (C=O) groups excluding carboxylic acids is 1. The van der Waals surface area contributed by atoms with Crippen LogP contribution in [0.4, 0.5) is 18.9 Å². The van der Waals surface area contributed by atoms with E-state index < -0.39 is 35.4 Å². The molecule has 0 spiro atoms. The average Bonchev–Trinajstić information content (AvgIpc) is 2.35. The summed E-state index contributed by atoms with van der Waals surface area (Å²) in [5.41, 5.74) is -0.307. The van der Waals surface area contributed by atoms with Crippen molar-refractivity contribution in [3.05, 3.63) is 39.4 Å². The van der Waals surface area contributed by atoms with Gasteiger partial charge in [-0.25, -0.2) is 4.79 Å². The normalized spacial score (nSPS) is 12.5. The van der Waals surface area contributed by atoms with Crippen molar-refractivity contribution in [1.82, 2.24) is 5.32 Å². The zero-order valence-electron chi connectivity index (χ0n) is 11.2. The van der Waals surface area contributed by atoms with Gasteiger partial charge in [0, 0.05) is 17.2 Å². The number of benzene rings is 1. The van der Waals surface area contributed by atoms with Gasteiger partial charge in [-0.05, 0) is 19.1 Å². The molecule has 22 heavy (non-hydrogen) atoms. The lowest BCUT2D eigenvalue weighted by atomic mass is 10.1. The maximum absolute atomic E-state index is 12.2. The predicted octanol–water partition coefficient (Wildman–Crippen LogP) is 2.04. The fraction of sp³-hybridized carbons (Fsp3) is 0.333. The minimum atomic E-state index is -4.76. The smallest absolute Gasteiger partial charge is 0.391 e. The zero-order chi connectivity index (χ0) is 17.1. The molecule has 120 valence electrons. The summed E-state index contributed by atoms with van der Waals surface area (Å²) in [6.45, 7) is 1.35. The first-order chi connectivity index (χ1) is 10.0. The van der Waals surface area contributed by atoms with E-state index >= 15 is 0 Å². The summed E-state index contributed by atoms with van der Waals surface area (Å²) in [6, 6.07) is 1.01. The van der Waals surface area contributed by atoms with Gasteiger partial charge in [0.05, 0.1) is 11.3 Å². The van der Waals surface area contributed by atoms with Gasteiger partial charge in [-0.1, -0.05) is 0 Å². The van der Waals surface area contributed by atoms with Gasteiger partial charge in [-0.3, -0.25) is 14.9 Å². The van der Waals surface area contributed by atoms with Crippen LogP contribution in [-0.4, -0.2) is 34.1 Å². The number of amides is 1. The van der Waals surface area contributed by atoms with Crippen LogP contribution in [0.25, 0.3) is 0 Å². The highest BCUT2D eigenvalue weighted by molar-refractivity contribution is 5.97. The number of carbonyl (C=O) groups is 2. The fourth-order valence-electron chi connectivity index (χ4n) is 1.67. The Morgan fingerprint density at radius 2 is 2.00 bits per heavy atom. The van der Waals surface area contributed by atoms with E-state index in [9.17, 15) is 32.9 Å². The van der Waals surface area contributed by atoms with E-state index in [1.54, 1.807) is 5.32 Å². The van der Waals surface area contributed by atoms with Gasteiger partial charge in [-0.15, -0.1) is 0 Å². The van der Waals surface area contributed by atoms with Gasteiger partial charge in [0.15, 0.2) is 0 Å². The maximum atomic E-state index is 12.2. The largest absolute Gasteiger partial charge is 0.480 e. The topological polar surface area (TPSA) is 110 Å². The van der Waals surface area contributed by atoms with E-state index in [0.29, 0.717) is 0 Å². The molecular formula is C12H11F3N2O5. The molecule has 0 saturated heterocycles. The van der Waals surface area contributed by atoms with E-state index in [-0.39, 0.29) is 16.8 Å². The number of carboxylic acids is 1. The number of aryl methyl sites for hydroxylation is 1. The van der Waals surface area contributed by atoms with Crippen molar-refractivity contribution in [3.63, 3.8) is 0 Å². The number of nitro groups is 1. The van der Waals surface area contributed by atoms with E-state index in [2.05, 4.69) is 0 Å². The summed E-state index contributed by atoms with van der Waals surface area (Å²) < 4.78 is 36.7. The van der Waals surface area contributed by atoms with Crippen molar-refractivity contribution in [2.24, 2.45) is 0 Å². The monoisotopic (exact) mass is 320 g/mol. The molecule has 1 rings (SSSR count). The van der Waals surface area contributed by atoms with Gasteiger partial charge in [0.1, 0.15) is 6.04 Å². The number of aliphatic carboxylic acids is 1. The van der Waals surface area contributed by atoms with Crippen molar-refractivity contribution in [1.29, 1.82) is 0 Å². The first-order valence-corrected chi connectivity index (χ1v) is 5.86. The molecule has 7 nitrogen and oxygen atoms in total. The lowest BCUT2D eigenvalue weighted by molar-refractivity contribution is -0.385. The standard InChI is InChI=1S/C12H11F3N2O5/c1-6-4-7(2-3-9(6)17(21)22)10(18)16-8(11(19)20)5-12(13,14)15/h2-4,8H,5H2,1H3,(H,16,18)(H,19,20). The number of carboxylic acid groups (broad SMARTS) is 1. The molecule has 10 heteroatoms. The Hall–Kier alpha value is -2.65. The minimum absolute atomic E-state index is 0.125. The summed E-state index contributed by atoms with van der Waals surface area (Å²) in [5, 5.41) is 21.1. The highest BCUT2D eigenvalue weighted by Gasteiger charge is 2.36. The fourth-order valence-corrected chi connectivity index (χ4v) is 1.67. The molecule has 0 heterocycles. The summed E-state index contributed by atoms with van der Waals surface area (Å²) in [6.07, 6.45) is -6.48. The Bertz CT molecular complexity index is 615. The van der Waals surface area contributed by atoms with Crippen LogP contribution in [-0.2, 0) is 4.79 Å². The third-order valence-corrected chi connectivity index (χ3v) is 2.69. The lowest BCUT2D eigenvalue weighted by Crippen LogP contribution is -2.43. The second kappa shape index (κ2) is 6.41. The summed E-state index contributed by atoms with van der Waals surface area (Å²) in [7, 11) is 0. The average molecular weight is 320 g/mol. The molecule has 1 aromatic carbocycles. The van der Waals surface area contributed by atoms with Crippen molar-refractivity contribution < 1.29 is 32.8 Å². The van der Waals surface area contributed by atoms with Crippen molar-refractivity contribution in [2.75, 3.05) is 0 Å². The molecular weight excluding hydrogens is 309 g/mol. The first kappa shape index (κ1) is 17.4. The van der Waals surface area contributed by atoms with Crippen LogP contribution < -0.4 is 5.32 Å². The predicted molar refractivity (Wildman–Crippen MR) is 67.4 cm³/mol. The molecule has 0 aliphatic rings. The molecule has 0 bridgehead atoms. The molecule has 1 unspecified atom stereocenters. The molecule has 0 saturated carbocycles. The Morgan fingerprint density at radius 1 is 1.41 bits per heavy atom. The molecule has 0 aliphatic heterocycles. The molecule has 0 aromatic heterocycles. The Labute approximate surface area is 121 Å². The molecule has 0 fully saturated rings. The van der Waals surface area contributed by atoms with Gasteiger partial charge in [0.2, 0.25) is 0 Å². The number of hydrogen-bond acceptors (Lipinski definition) is 4. The second-order valence-corrected chi connectivity index (χ2v) is 4.44. The van der Waals surface area contributed by atoms with Crippen LogP contribution in [0.5, 0.6) is 0 Å². The van der Waals surface area contributed by atoms with Crippen molar-refractivity contribution in [2.45, 2.75) is 25.6 Å².